The van der Waals surface area contributed by atoms with E-state index in [-0.39, 0.29) is 0 Å². The van der Waals surface area contributed by atoms with Crippen LogP contribution in [0.5, 0.6) is 0 Å². The van der Waals surface area contributed by atoms with Gasteiger partial charge in [0.1, 0.15) is 26.6 Å². The van der Waals surface area contributed by atoms with Crippen molar-refractivity contribution < 1.29 is 0 Å². The van der Waals surface area contributed by atoms with Gasteiger partial charge in [0.15, 0.2) is 5.15 Å². The van der Waals surface area contributed by atoms with Crippen molar-refractivity contribution in [3.63, 3.8) is 0 Å². The average Bonchev–Trinajstić information content (AvgIpc) is 2.86. The van der Waals surface area contributed by atoms with E-state index < -0.39 is 0 Å². The molecule has 0 aliphatic carbocycles. The maximum atomic E-state index is 5.90. The number of fused-ring (bicyclic) bond motifs is 1. The highest BCUT2D eigenvalue weighted by Gasteiger charge is 2.11. The normalized spacial score (nSPS) is 11.0. The largest absolute Gasteiger partial charge is 0.230 e. The molecule has 8 heteroatoms. The van der Waals surface area contributed by atoms with Crippen LogP contribution in [0.2, 0.25) is 5.15 Å². The van der Waals surface area contributed by atoms with E-state index in [2.05, 4.69) is 24.5 Å². The molecule has 0 aliphatic rings. The predicted molar refractivity (Wildman–Crippen MR) is 59.1 cm³/mol. The van der Waals surface area contributed by atoms with Gasteiger partial charge in [-0.1, -0.05) is 27.4 Å². The molecule has 0 aliphatic heterocycles. The molecule has 0 radical (unpaired) electrons. The molecule has 3 aromatic heterocycles. The number of nitrogens with zero attached hydrogens (tertiary/aromatic N) is 5. The van der Waals surface area contributed by atoms with E-state index in [1.165, 1.54) is 29.2 Å². The number of halogens is 1. The van der Waals surface area contributed by atoms with Crippen molar-refractivity contribution in [1.82, 2.24) is 24.5 Å². The van der Waals surface area contributed by atoms with Crippen LogP contribution in [-0.4, -0.2) is 24.5 Å². The summed E-state index contributed by atoms with van der Waals surface area (Å²) in [6.07, 6.45) is 3.10. The van der Waals surface area contributed by atoms with Gasteiger partial charge in [-0.25, -0.2) is 15.0 Å². The topological polar surface area (TPSA) is 64.5 Å². The number of hydrogen-bond acceptors (Lipinski definition) is 7. The zero-order valence-corrected chi connectivity index (χ0v) is 9.47. The van der Waals surface area contributed by atoms with Crippen LogP contribution in [-0.2, 0) is 0 Å². The lowest BCUT2D eigenvalue weighted by Gasteiger charge is -1.86. The molecular formula is C7H2ClN5S2. The molecule has 15 heavy (non-hydrogen) atoms. The maximum Gasteiger partial charge on any atom is 0.159 e. The third kappa shape index (κ3) is 1.48. The Kier molecular flexibility index (Phi) is 2.08. The summed E-state index contributed by atoms with van der Waals surface area (Å²) in [6, 6.07) is 0. The first-order chi connectivity index (χ1) is 7.34. The lowest BCUT2D eigenvalue weighted by molar-refractivity contribution is 1.16. The fourth-order valence-electron chi connectivity index (χ4n) is 1.09. The molecule has 0 N–H and O–H groups in total. The number of aromatic nitrogens is 5. The van der Waals surface area contributed by atoms with Crippen LogP contribution in [0.15, 0.2) is 12.5 Å². The van der Waals surface area contributed by atoms with Gasteiger partial charge in [-0.2, -0.15) is 0 Å². The highest BCUT2D eigenvalue weighted by atomic mass is 35.5. The molecule has 0 fully saturated rings. The van der Waals surface area contributed by atoms with Gasteiger partial charge in [0.05, 0.1) is 6.20 Å². The minimum atomic E-state index is 0.375. The van der Waals surface area contributed by atoms with Crippen LogP contribution >= 0.6 is 34.5 Å². The summed E-state index contributed by atoms with van der Waals surface area (Å²) in [7, 11) is 0. The van der Waals surface area contributed by atoms with Gasteiger partial charge in [-0.15, -0.1) is 5.10 Å². The van der Waals surface area contributed by atoms with Crippen molar-refractivity contribution in [3.05, 3.63) is 17.7 Å². The van der Waals surface area contributed by atoms with Crippen molar-refractivity contribution in [2.75, 3.05) is 0 Å². The Labute approximate surface area is 97.0 Å². The van der Waals surface area contributed by atoms with E-state index in [9.17, 15) is 0 Å². The van der Waals surface area contributed by atoms with E-state index >= 15 is 0 Å². The van der Waals surface area contributed by atoms with Crippen LogP contribution in [0, 0.1) is 0 Å². The van der Waals surface area contributed by atoms with Crippen LogP contribution in [0.25, 0.3) is 20.2 Å². The molecule has 0 saturated heterocycles. The van der Waals surface area contributed by atoms with Crippen molar-refractivity contribution in [2.45, 2.75) is 0 Å². The molecule has 0 bridgehead atoms. The Balaban J connectivity index is 2.27. The lowest BCUT2D eigenvalue weighted by Crippen LogP contribution is -1.79. The molecule has 5 nitrogen and oxygen atoms in total. The lowest BCUT2D eigenvalue weighted by atomic mass is 10.5. The van der Waals surface area contributed by atoms with Gasteiger partial charge >= 0.3 is 0 Å². The zero-order chi connectivity index (χ0) is 10.3. The van der Waals surface area contributed by atoms with Crippen molar-refractivity contribution in [2.24, 2.45) is 0 Å². The fourth-order valence-corrected chi connectivity index (χ4v) is 2.77. The molecule has 0 saturated carbocycles. The molecule has 3 aromatic rings. The fraction of sp³-hybridized carbons (Fsp3) is 0. The first-order valence-corrected chi connectivity index (χ1v) is 5.86. The number of rotatable bonds is 1. The Morgan fingerprint density at radius 1 is 1.27 bits per heavy atom. The van der Waals surface area contributed by atoms with Crippen molar-refractivity contribution >= 4 is 44.8 Å². The minimum absolute atomic E-state index is 0.375. The first-order valence-electron chi connectivity index (χ1n) is 3.89. The Morgan fingerprint density at radius 2 is 2.20 bits per heavy atom. The van der Waals surface area contributed by atoms with Crippen LogP contribution in [0.4, 0.5) is 0 Å². The maximum absolute atomic E-state index is 5.90. The van der Waals surface area contributed by atoms with E-state index in [0.29, 0.717) is 10.7 Å². The van der Waals surface area contributed by atoms with Gasteiger partial charge in [0.25, 0.3) is 0 Å². The molecule has 74 valence electrons. The molecule has 0 unspecified atom stereocenters. The highest BCUT2D eigenvalue weighted by molar-refractivity contribution is 7.24. The summed E-state index contributed by atoms with van der Waals surface area (Å²) in [5.41, 5.74) is 0.632. The average molecular weight is 256 g/mol. The van der Waals surface area contributed by atoms with Crippen LogP contribution in [0.1, 0.15) is 0 Å². The molecule has 0 spiro atoms. The predicted octanol–water partition coefficient (Wildman–Crippen LogP) is 2.26. The number of hydrogen-bond donors (Lipinski definition) is 0. The summed E-state index contributed by atoms with van der Waals surface area (Å²) in [5, 5.41) is 4.95. The van der Waals surface area contributed by atoms with Gasteiger partial charge < -0.3 is 0 Å². The van der Waals surface area contributed by atoms with E-state index in [1.54, 1.807) is 6.20 Å². The SMILES string of the molecule is Clc1ncnc2sc(-c3cnns3)nc12. The molecule has 3 rings (SSSR count). The Bertz CT molecular complexity index is 605. The molecule has 3 heterocycles. The number of thiazole rings is 1. The van der Waals surface area contributed by atoms with Crippen molar-refractivity contribution in [1.29, 1.82) is 0 Å². The van der Waals surface area contributed by atoms with Gasteiger partial charge in [0, 0.05) is 0 Å². The summed E-state index contributed by atoms with van der Waals surface area (Å²) < 4.78 is 3.78. The van der Waals surface area contributed by atoms with Gasteiger partial charge in [-0.05, 0) is 11.5 Å². The van der Waals surface area contributed by atoms with Crippen LogP contribution in [0.3, 0.4) is 0 Å². The third-order valence-corrected chi connectivity index (χ3v) is 3.80. The van der Waals surface area contributed by atoms with Gasteiger partial charge in [0.2, 0.25) is 0 Å². The second-order valence-corrected chi connectivity index (χ2v) is 4.74. The Hall–Kier alpha value is -1.18. The standard InChI is InChI=1S/C7H2ClN5S2/c8-5-4-7(10-2-9-5)14-6(12-4)3-1-11-13-15-3/h1-2H. The summed E-state index contributed by atoms with van der Waals surface area (Å²) in [5.74, 6) is 0. The zero-order valence-electron chi connectivity index (χ0n) is 7.09. The molecule has 0 amide bonds. The summed E-state index contributed by atoms with van der Waals surface area (Å²) >= 11 is 8.64. The second-order valence-electron chi connectivity index (χ2n) is 2.62. The highest BCUT2D eigenvalue weighted by Crippen LogP contribution is 2.32. The van der Waals surface area contributed by atoms with E-state index in [1.807, 2.05) is 0 Å². The second kappa shape index (κ2) is 3.44. The summed E-state index contributed by atoms with van der Waals surface area (Å²) in [6.45, 7) is 0. The van der Waals surface area contributed by atoms with Gasteiger partial charge in [-0.3, -0.25) is 0 Å². The van der Waals surface area contributed by atoms with Crippen LogP contribution < -0.4 is 0 Å². The minimum Gasteiger partial charge on any atom is -0.230 e. The Morgan fingerprint density at radius 3 is 2.93 bits per heavy atom. The smallest absolute Gasteiger partial charge is 0.159 e. The first kappa shape index (κ1) is 9.08. The third-order valence-electron chi connectivity index (χ3n) is 1.72. The molecular weight excluding hydrogens is 254 g/mol. The quantitative estimate of drug-likeness (QED) is 0.624. The monoisotopic (exact) mass is 255 g/mol. The summed E-state index contributed by atoms with van der Waals surface area (Å²) in [4.78, 5) is 14.0. The molecule has 0 aromatic carbocycles. The van der Waals surface area contributed by atoms with E-state index in [0.717, 1.165) is 14.7 Å². The molecule has 0 atom stereocenters. The van der Waals surface area contributed by atoms with Crippen molar-refractivity contribution in [3.8, 4) is 9.88 Å². The van der Waals surface area contributed by atoms with E-state index in [4.69, 9.17) is 11.6 Å².